The maximum atomic E-state index is 5.82. The van der Waals surface area contributed by atoms with Gasteiger partial charge in [0.2, 0.25) is 0 Å². The van der Waals surface area contributed by atoms with Gasteiger partial charge in [-0.3, -0.25) is 0 Å². The van der Waals surface area contributed by atoms with Crippen LogP contribution in [0.2, 0.25) is 0 Å². The highest BCUT2D eigenvalue weighted by Crippen LogP contribution is 2.22. The van der Waals surface area contributed by atoms with Crippen molar-refractivity contribution in [2.45, 2.75) is 51.5 Å². The molecule has 0 bridgehead atoms. The van der Waals surface area contributed by atoms with E-state index in [1.807, 2.05) is 6.07 Å². The molecular formula is C15H27N5. The molecule has 2 rings (SSSR count). The van der Waals surface area contributed by atoms with Crippen LogP contribution in [0, 0.1) is 0 Å². The summed E-state index contributed by atoms with van der Waals surface area (Å²) in [5, 5.41) is 3.37. The summed E-state index contributed by atoms with van der Waals surface area (Å²) in [6.45, 7) is 4.06. The molecule has 0 amide bonds. The molecule has 112 valence electrons. The molecule has 0 radical (unpaired) electrons. The minimum Gasteiger partial charge on any atom is -0.384 e. The molecule has 1 fully saturated rings. The summed E-state index contributed by atoms with van der Waals surface area (Å²) in [7, 11) is 2.22. The lowest BCUT2D eigenvalue weighted by molar-refractivity contribution is 0.254. The summed E-state index contributed by atoms with van der Waals surface area (Å²) < 4.78 is 0. The van der Waals surface area contributed by atoms with E-state index in [1.165, 1.54) is 25.7 Å². The van der Waals surface area contributed by atoms with Crippen molar-refractivity contribution in [1.29, 1.82) is 0 Å². The molecule has 1 saturated carbocycles. The third-order valence-electron chi connectivity index (χ3n) is 3.98. The van der Waals surface area contributed by atoms with E-state index in [4.69, 9.17) is 5.73 Å². The topological polar surface area (TPSA) is 67.1 Å². The van der Waals surface area contributed by atoms with Crippen LogP contribution >= 0.6 is 0 Å². The van der Waals surface area contributed by atoms with Crippen LogP contribution in [0.25, 0.3) is 0 Å². The number of nitrogens with zero attached hydrogens (tertiary/aromatic N) is 3. The molecule has 0 aliphatic heterocycles. The van der Waals surface area contributed by atoms with Gasteiger partial charge in [-0.05, 0) is 26.3 Å². The molecule has 1 heterocycles. The van der Waals surface area contributed by atoms with Gasteiger partial charge < -0.3 is 16.0 Å². The third-order valence-corrected chi connectivity index (χ3v) is 3.98. The molecule has 1 aliphatic rings. The van der Waals surface area contributed by atoms with Gasteiger partial charge in [0.1, 0.15) is 17.5 Å². The maximum absolute atomic E-state index is 5.82. The van der Waals surface area contributed by atoms with E-state index in [9.17, 15) is 0 Å². The Morgan fingerprint density at radius 3 is 2.80 bits per heavy atom. The highest BCUT2D eigenvalue weighted by atomic mass is 15.2. The van der Waals surface area contributed by atoms with E-state index >= 15 is 0 Å². The van der Waals surface area contributed by atoms with Gasteiger partial charge in [0.05, 0.1) is 0 Å². The average molecular weight is 277 g/mol. The summed E-state index contributed by atoms with van der Waals surface area (Å²) in [4.78, 5) is 11.2. The Balaban J connectivity index is 1.80. The highest BCUT2D eigenvalue weighted by Gasteiger charge is 2.18. The van der Waals surface area contributed by atoms with Crippen LogP contribution in [-0.4, -0.2) is 41.0 Å². The Morgan fingerprint density at radius 2 is 2.10 bits per heavy atom. The van der Waals surface area contributed by atoms with Crippen molar-refractivity contribution in [3.63, 3.8) is 0 Å². The van der Waals surface area contributed by atoms with Crippen molar-refractivity contribution in [3.8, 4) is 0 Å². The van der Waals surface area contributed by atoms with Gasteiger partial charge in [-0.2, -0.15) is 0 Å². The van der Waals surface area contributed by atoms with Crippen molar-refractivity contribution in [3.05, 3.63) is 11.9 Å². The first kappa shape index (κ1) is 15.0. The maximum Gasteiger partial charge on any atom is 0.133 e. The number of likely N-dealkylation sites (N-methyl/N-ethyl adjacent to an activating group) is 1. The second-order valence-electron chi connectivity index (χ2n) is 5.69. The molecular weight excluding hydrogens is 250 g/mol. The summed E-state index contributed by atoms with van der Waals surface area (Å²) in [5.41, 5.74) is 5.82. The fourth-order valence-corrected chi connectivity index (χ4v) is 2.83. The summed E-state index contributed by atoms with van der Waals surface area (Å²) >= 11 is 0. The zero-order chi connectivity index (χ0) is 14.4. The van der Waals surface area contributed by atoms with Crippen LogP contribution in [0.5, 0.6) is 0 Å². The SMILES string of the molecule is CCCc1nc(N)cc(NCCN(C)C2CCCC2)n1. The number of rotatable bonds is 7. The number of aromatic nitrogens is 2. The van der Waals surface area contributed by atoms with Crippen LogP contribution in [0.3, 0.4) is 0 Å². The van der Waals surface area contributed by atoms with Gasteiger partial charge in [0.25, 0.3) is 0 Å². The molecule has 1 aliphatic carbocycles. The van der Waals surface area contributed by atoms with Crippen LogP contribution in [-0.2, 0) is 6.42 Å². The van der Waals surface area contributed by atoms with Gasteiger partial charge in [-0.1, -0.05) is 19.8 Å². The first-order valence-electron chi connectivity index (χ1n) is 7.76. The van der Waals surface area contributed by atoms with Crippen molar-refractivity contribution in [2.24, 2.45) is 0 Å². The van der Waals surface area contributed by atoms with E-state index in [2.05, 4.69) is 34.2 Å². The molecule has 0 unspecified atom stereocenters. The van der Waals surface area contributed by atoms with Crippen LogP contribution in [0.1, 0.15) is 44.9 Å². The Bertz CT molecular complexity index is 415. The molecule has 0 saturated heterocycles. The number of anilines is 2. The lowest BCUT2D eigenvalue weighted by atomic mass is 10.2. The average Bonchev–Trinajstić information content (AvgIpc) is 2.92. The largest absolute Gasteiger partial charge is 0.384 e. The molecule has 5 nitrogen and oxygen atoms in total. The van der Waals surface area contributed by atoms with Crippen molar-refractivity contribution >= 4 is 11.6 Å². The van der Waals surface area contributed by atoms with Gasteiger partial charge in [-0.25, -0.2) is 9.97 Å². The number of nitrogens with two attached hydrogens (primary N) is 1. The fourth-order valence-electron chi connectivity index (χ4n) is 2.83. The minimum absolute atomic E-state index is 0.551. The standard InChI is InChI=1S/C15H27N5/c1-3-6-14-18-13(16)11-15(19-14)17-9-10-20(2)12-7-4-5-8-12/h11-12H,3-10H2,1-2H3,(H3,16,17,18,19). The lowest BCUT2D eigenvalue weighted by Crippen LogP contribution is -2.33. The summed E-state index contributed by atoms with van der Waals surface area (Å²) in [5.74, 6) is 2.23. The van der Waals surface area contributed by atoms with Gasteiger partial charge in [0, 0.05) is 31.6 Å². The van der Waals surface area contributed by atoms with Gasteiger partial charge >= 0.3 is 0 Å². The Morgan fingerprint density at radius 1 is 1.35 bits per heavy atom. The van der Waals surface area contributed by atoms with Crippen LogP contribution in [0.15, 0.2) is 6.07 Å². The zero-order valence-electron chi connectivity index (χ0n) is 12.7. The number of hydrogen-bond acceptors (Lipinski definition) is 5. The van der Waals surface area contributed by atoms with E-state index in [-0.39, 0.29) is 0 Å². The predicted octanol–water partition coefficient (Wildman–Crippen LogP) is 2.30. The summed E-state index contributed by atoms with van der Waals surface area (Å²) in [6, 6.07) is 2.58. The van der Waals surface area contributed by atoms with E-state index in [0.717, 1.165) is 43.6 Å². The van der Waals surface area contributed by atoms with Crippen molar-refractivity contribution in [2.75, 3.05) is 31.2 Å². The van der Waals surface area contributed by atoms with E-state index < -0.39 is 0 Å². The molecule has 5 heteroatoms. The van der Waals surface area contributed by atoms with Crippen LogP contribution in [0.4, 0.5) is 11.6 Å². The first-order valence-corrected chi connectivity index (χ1v) is 7.76. The van der Waals surface area contributed by atoms with Crippen molar-refractivity contribution in [1.82, 2.24) is 14.9 Å². The normalized spacial score (nSPS) is 15.9. The van der Waals surface area contributed by atoms with Gasteiger partial charge in [-0.15, -0.1) is 0 Å². The lowest BCUT2D eigenvalue weighted by Gasteiger charge is -2.24. The highest BCUT2D eigenvalue weighted by molar-refractivity contribution is 5.44. The molecule has 1 aromatic heterocycles. The molecule has 0 aromatic carbocycles. The monoisotopic (exact) mass is 277 g/mol. The number of nitrogens with one attached hydrogen (secondary N) is 1. The molecule has 3 N–H and O–H groups in total. The van der Waals surface area contributed by atoms with Crippen LogP contribution < -0.4 is 11.1 Å². The number of hydrogen-bond donors (Lipinski definition) is 2. The third kappa shape index (κ3) is 4.34. The van der Waals surface area contributed by atoms with E-state index in [1.54, 1.807) is 0 Å². The number of aryl methyl sites for hydroxylation is 1. The Hall–Kier alpha value is -1.36. The predicted molar refractivity (Wildman–Crippen MR) is 83.8 cm³/mol. The first-order chi connectivity index (χ1) is 9.69. The molecule has 20 heavy (non-hydrogen) atoms. The van der Waals surface area contributed by atoms with E-state index in [0.29, 0.717) is 5.82 Å². The zero-order valence-corrected chi connectivity index (χ0v) is 12.7. The smallest absolute Gasteiger partial charge is 0.133 e. The molecule has 1 aromatic rings. The van der Waals surface area contributed by atoms with Gasteiger partial charge in [0.15, 0.2) is 0 Å². The quantitative estimate of drug-likeness (QED) is 0.800. The summed E-state index contributed by atoms with van der Waals surface area (Å²) in [6.07, 6.45) is 7.36. The fraction of sp³-hybridized carbons (Fsp3) is 0.733. The molecule has 0 spiro atoms. The number of nitrogen functional groups attached to an aromatic ring is 1. The molecule has 0 atom stereocenters. The second-order valence-corrected chi connectivity index (χ2v) is 5.69. The van der Waals surface area contributed by atoms with Crippen molar-refractivity contribution < 1.29 is 0 Å². The second kappa shape index (κ2) is 7.43. The Labute approximate surface area is 122 Å². The minimum atomic E-state index is 0.551. The Kier molecular flexibility index (Phi) is 5.59.